The molecule has 3 aromatic rings. The highest BCUT2D eigenvalue weighted by Gasteiger charge is 2.38. The van der Waals surface area contributed by atoms with Crippen molar-refractivity contribution in [2.45, 2.75) is 25.9 Å². The van der Waals surface area contributed by atoms with Crippen molar-refractivity contribution in [1.29, 1.82) is 5.26 Å². The predicted octanol–water partition coefficient (Wildman–Crippen LogP) is 2.31. The van der Waals surface area contributed by atoms with Crippen LogP contribution in [0.5, 0.6) is 11.5 Å². The number of nitriles is 1. The second-order valence-corrected chi connectivity index (χ2v) is 9.28. The van der Waals surface area contributed by atoms with Gasteiger partial charge in [0.25, 0.3) is 5.56 Å². The smallest absolute Gasteiger partial charge is 0.338 e. The van der Waals surface area contributed by atoms with E-state index in [-0.39, 0.29) is 17.0 Å². The maximum absolute atomic E-state index is 13.5. The Labute approximate surface area is 211 Å². The van der Waals surface area contributed by atoms with E-state index in [9.17, 15) is 14.9 Å². The van der Waals surface area contributed by atoms with Crippen LogP contribution < -0.4 is 30.0 Å². The minimum Gasteiger partial charge on any atom is -0.496 e. The standard InChI is InChI=1S/C27H25N3O5S/c1-15(2)35-27(32)23-22(17-10-6-8-12-20(17)34-4)18(14-28)24(29)30-25(31)21(36-26(23)30)13-16-9-5-7-11-19(16)33-3/h5-13,15,22H,29H2,1-4H3. The van der Waals surface area contributed by atoms with Gasteiger partial charge in [-0.1, -0.05) is 36.4 Å². The van der Waals surface area contributed by atoms with Gasteiger partial charge in [-0.3, -0.25) is 9.36 Å². The maximum atomic E-state index is 13.5. The van der Waals surface area contributed by atoms with Gasteiger partial charge in [0.1, 0.15) is 22.0 Å². The van der Waals surface area contributed by atoms with Crippen molar-refractivity contribution in [2.75, 3.05) is 14.2 Å². The van der Waals surface area contributed by atoms with Crippen LogP contribution in [0, 0.1) is 11.3 Å². The molecule has 2 heterocycles. The molecule has 4 rings (SSSR count). The first-order chi connectivity index (χ1) is 17.3. The molecule has 2 aromatic carbocycles. The molecule has 0 saturated heterocycles. The highest BCUT2D eigenvalue weighted by Crippen LogP contribution is 2.40. The number of ether oxygens (including phenoxy) is 3. The largest absolute Gasteiger partial charge is 0.496 e. The molecule has 2 N–H and O–H groups in total. The maximum Gasteiger partial charge on any atom is 0.338 e. The van der Waals surface area contributed by atoms with Crippen LogP contribution in [0.25, 0.3) is 17.5 Å². The summed E-state index contributed by atoms with van der Waals surface area (Å²) in [5, 5.41) is 10.1. The number of carbonyl (C=O) groups is 1. The molecule has 0 aliphatic carbocycles. The molecule has 1 unspecified atom stereocenters. The highest BCUT2D eigenvalue weighted by molar-refractivity contribution is 7.07. The predicted molar refractivity (Wildman–Crippen MR) is 138 cm³/mol. The molecule has 1 aliphatic rings. The van der Waals surface area contributed by atoms with Gasteiger partial charge in [0.2, 0.25) is 0 Å². The fourth-order valence-electron chi connectivity index (χ4n) is 4.16. The van der Waals surface area contributed by atoms with Crippen molar-refractivity contribution >= 4 is 34.8 Å². The summed E-state index contributed by atoms with van der Waals surface area (Å²) in [5.41, 5.74) is 7.45. The Bertz CT molecular complexity index is 1590. The Morgan fingerprint density at radius 3 is 2.39 bits per heavy atom. The number of para-hydroxylation sites is 2. The summed E-state index contributed by atoms with van der Waals surface area (Å²) in [6.07, 6.45) is 1.26. The van der Waals surface area contributed by atoms with Gasteiger partial charge in [-0.2, -0.15) is 5.26 Å². The lowest BCUT2D eigenvalue weighted by Crippen LogP contribution is -2.40. The third-order valence-electron chi connectivity index (χ3n) is 5.71. The van der Waals surface area contributed by atoms with Gasteiger partial charge < -0.3 is 19.9 Å². The number of rotatable bonds is 6. The number of allylic oxidation sites excluding steroid dienone is 1. The zero-order chi connectivity index (χ0) is 26.0. The number of aromatic nitrogens is 1. The molecule has 0 bridgehead atoms. The molecule has 36 heavy (non-hydrogen) atoms. The lowest BCUT2D eigenvalue weighted by Gasteiger charge is -2.26. The van der Waals surface area contributed by atoms with Gasteiger partial charge >= 0.3 is 5.97 Å². The number of benzene rings is 2. The Hall–Kier alpha value is -4.29. The first kappa shape index (κ1) is 24.8. The number of hydrogen-bond acceptors (Lipinski definition) is 8. The van der Waals surface area contributed by atoms with Crippen LogP contribution in [0.2, 0.25) is 0 Å². The number of carbonyl (C=O) groups excluding carboxylic acids is 1. The fraction of sp³-hybridized carbons (Fsp3) is 0.222. The third kappa shape index (κ3) is 4.27. The lowest BCUT2D eigenvalue weighted by molar-refractivity contribution is -0.140. The molecule has 0 spiro atoms. The van der Waals surface area contributed by atoms with Gasteiger partial charge in [-0.05, 0) is 32.1 Å². The van der Waals surface area contributed by atoms with E-state index < -0.39 is 23.6 Å². The number of nitrogens with two attached hydrogens (primary N) is 1. The number of thiazole rings is 1. The van der Waals surface area contributed by atoms with Gasteiger partial charge in [0.05, 0.1) is 48.0 Å². The summed E-state index contributed by atoms with van der Waals surface area (Å²) < 4.78 is 18.4. The molecule has 0 saturated carbocycles. The molecule has 1 atom stereocenters. The molecule has 8 nitrogen and oxygen atoms in total. The summed E-state index contributed by atoms with van der Waals surface area (Å²) in [5.74, 6) is -0.490. The molecular formula is C27H25N3O5S. The van der Waals surface area contributed by atoms with Crippen LogP contribution in [0.15, 0.2) is 58.9 Å². The molecule has 1 aromatic heterocycles. The topological polar surface area (TPSA) is 117 Å². The number of fused-ring (bicyclic) bond motifs is 1. The van der Waals surface area contributed by atoms with E-state index in [1.165, 1.54) is 11.7 Å². The molecular weight excluding hydrogens is 478 g/mol. The summed E-state index contributed by atoms with van der Waals surface area (Å²) in [6, 6.07) is 16.5. The summed E-state index contributed by atoms with van der Waals surface area (Å²) >= 11 is 1.10. The number of nitrogens with zero attached hydrogens (tertiary/aromatic N) is 2. The first-order valence-electron chi connectivity index (χ1n) is 11.2. The van der Waals surface area contributed by atoms with Crippen molar-refractivity contribution < 1.29 is 19.0 Å². The first-order valence-corrected chi connectivity index (χ1v) is 12.0. The average Bonchev–Trinajstić information content (AvgIpc) is 3.19. The SMILES string of the molecule is COc1ccccc1C=c1sc2n(c1=O)C(N)=C(C#N)C(c1ccccc1OC)C=2C(=O)OC(C)C. The van der Waals surface area contributed by atoms with Gasteiger partial charge in [-0.25, -0.2) is 4.79 Å². The lowest BCUT2D eigenvalue weighted by atomic mass is 9.83. The minimum atomic E-state index is -0.880. The molecule has 9 heteroatoms. The molecule has 0 amide bonds. The summed E-state index contributed by atoms with van der Waals surface area (Å²) in [7, 11) is 3.05. The Morgan fingerprint density at radius 2 is 1.75 bits per heavy atom. The molecule has 1 aliphatic heterocycles. The number of esters is 1. The van der Waals surface area contributed by atoms with E-state index in [4.69, 9.17) is 19.9 Å². The van der Waals surface area contributed by atoms with E-state index in [1.807, 2.05) is 18.2 Å². The van der Waals surface area contributed by atoms with Crippen LogP contribution in [0.1, 0.15) is 30.9 Å². The van der Waals surface area contributed by atoms with Crippen molar-refractivity contribution in [2.24, 2.45) is 5.73 Å². The Kier molecular flexibility index (Phi) is 6.99. The molecule has 0 fully saturated rings. The number of methoxy groups -OCH3 is 2. The van der Waals surface area contributed by atoms with Crippen molar-refractivity contribution in [3.05, 3.63) is 84.8 Å². The highest BCUT2D eigenvalue weighted by atomic mass is 32.1. The second kappa shape index (κ2) is 10.1. The minimum absolute atomic E-state index is 0.0366. The van der Waals surface area contributed by atoms with Crippen LogP contribution >= 0.6 is 11.3 Å². The van der Waals surface area contributed by atoms with Crippen molar-refractivity contribution in [3.63, 3.8) is 0 Å². The zero-order valence-corrected chi connectivity index (χ0v) is 21.1. The van der Waals surface area contributed by atoms with Gasteiger partial charge in [0.15, 0.2) is 0 Å². The van der Waals surface area contributed by atoms with Crippen LogP contribution in [-0.2, 0) is 9.53 Å². The van der Waals surface area contributed by atoms with Crippen LogP contribution in [0.3, 0.4) is 0 Å². The number of hydrogen-bond donors (Lipinski definition) is 1. The Morgan fingerprint density at radius 1 is 1.11 bits per heavy atom. The molecule has 0 radical (unpaired) electrons. The third-order valence-corrected chi connectivity index (χ3v) is 6.81. The summed E-state index contributed by atoms with van der Waals surface area (Å²) in [6.45, 7) is 3.47. The van der Waals surface area contributed by atoms with E-state index in [1.54, 1.807) is 57.4 Å². The van der Waals surface area contributed by atoms with Crippen molar-refractivity contribution in [3.8, 4) is 17.6 Å². The fourth-order valence-corrected chi connectivity index (χ4v) is 5.32. The van der Waals surface area contributed by atoms with E-state index in [0.29, 0.717) is 31.8 Å². The van der Waals surface area contributed by atoms with Crippen LogP contribution in [0.4, 0.5) is 0 Å². The van der Waals surface area contributed by atoms with E-state index >= 15 is 0 Å². The quantitative estimate of drug-likeness (QED) is 0.513. The zero-order valence-electron chi connectivity index (χ0n) is 20.3. The summed E-state index contributed by atoms with van der Waals surface area (Å²) in [4.78, 5) is 27.0. The monoisotopic (exact) mass is 503 g/mol. The average molecular weight is 504 g/mol. The van der Waals surface area contributed by atoms with E-state index in [2.05, 4.69) is 6.07 Å². The van der Waals surface area contributed by atoms with Crippen LogP contribution in [-0.4, -0.2) is 30.9 Å². The normalized spacial score (nSPS) is 15.5. The van der Waals surface area contributed by atoms with E-state index in [0.717, 1.165) is 11.3 Å². The van der Waals surface area contributed by atoms with Gasteiger partial charge in [-0.15, -0.1) is 11.3 Å². The molecule has 184 valence electrons. The Balaban J connectivity index is 2.13. The van der Waals surface area contributed by atoms with Gasteiger partial charge in [0, 0.05) is 11.1 Å². The second-order valence-electron chi connectivity index (χ2n) is 8.25. The van der Waals surface area contributed by atoms with Crippen molar-refractivity contribution in [1.82, 2.24) is 4.57 Å².